The molecule has 1 fully saturated rings. The van der Waals surface area contributed by atoms with Crippen LogP contribution in [-0.4, -0.2) is 23.4 Å². The number of aryl methyl sites for hydroxylation is 2. The average Bonchev–Trinajstić information content (AvgIpc) is 2.88. The van der Waals surface area contributed by atoms with Crippen molar-refractivity contribution in [3.8, 4) is 0 Å². The monoisotopic (exact) mass is 418 g/mol. The van der Waals surface area contributed by atoms with Gasteiger partial charge in [0.05, 0.1) is 10.0 Å². The Morgan fingerprint density at radius 3 is 2.50 bits per heavy atom. The summed E-state index contributed by atoms with van der Waals surface area (Å²) in [4.78, 5) is 15.0. The summed E-state index contributed by atoms with van der Waals surface area (Å²) in [5.74, 6) is 1.25. The molecule has 1 aromatic carbocycles. The van der Waals surface area contributed by atoms with E-state index in [1.54, 1.807) is 0 Å². The van der Waals surface area contributed by atoms with E-state index >= 15 is 0 Å². The number of carbonyl (C=O) groups is 1. The molecule has 0 bridgehead atoms. The number of nitrogens with zero attached hydrogens (tertiary/aromatic N) is 1. The Kier molecular flexibility index (Phi) is 6.20. The lowest BCUT2D eigenvalue weighted by Crippen LogP contribution is -2.36. The second-order valence-corrected chi connectivity index (χ2v) is 8.01. The van der Waals surface area contributed by atoms with Crippen molar-refractivity contribution in [1.82, 2.24) is 10.2 Å². The van der Waals surface area contributed by atoms with Crippen LogP contribution in [-0.2, 0) is 13.1 Å². The smallest absolute Gasteiger partial charge is 0.256 e. The molecule has 1 atom stereocenters. The van der Waals surface area contributed by atoms with Crippen molar-refractivity contribution in [3.05, 3.63) is 56.9 Å². The van der Waals surface area contributed by atoms with Gasteiger partial charge in [-0.3, -0.25) is 9.69 Å². The second-order valence-electron chi connectivity index (χ2n) is 7.22. The maximum atomic E-state index is 12.4. The zero-order valence-electron chi connectivity index (χ0n) is 15.8. The lowest BCUT2D eigenvalue weighted by Gasteiger charge is -2.33. The van der Waals surface area contributed by atoms with Crippen molar-refractivity contribution in [2.75, 3.05) is 6.54 Å². The van der Waals surface area contributed by atoms with Gasteiger partial charge in [0.15, 0.2) is 0 Å². The molecule has 1 aromatic heterocycles. The summed E-state index contributed by atoms with van der Waals surface area (Å²) in [6.45, 7) is 8.68. The van der Waals surface area contributed by atoms with Crippen molar-refractivity contribution in [3.63, 3.8) is 0 Å². The molecule has 3 rings (SSSR count). The molecule has 2 aromatic rings. The molecule has 5 heteroatoms. The van der Waals surface area contributed by atoms with Gasteiger partial charge < -0.3 is 9.73 Å². The van der Waals surface area contributed by atoms with Gasteiger partial charge in [-0.2, -0.15) is 0 Å². The summed E-state index contributed by atoms with van der Waals surface area (Å²) in [6, 6.07) is 9.22. The van der Waals surface area contributed by atoms with E-state index in [-0.39, 0.29) is 5.91 Å². The first-order valence-electron chi connectivity index (χ1n) is 9.31. The van der Waals surface area contributed by atoms with Gasteiger partial charge in [0, 0.05) is 19.1 Å². The normalized spacial score (nSPS) is 18.1. The van der Waals surface area contributed by atoms with E-state index in [4.69, 9.17) is 4.42 Å². The van der Waals surface area contributed by atoms with Crippen molar-refractivity contribution in [2.45, 2.75) is 59.2 Å². The lowest BCUT2D eigenvalue weighted by atomic mass is 10.0. The molecule has 0 spiro atoms. The molecule has 1 N–H and O–H groups in total. The van der Waals surface area contributed by atoms with E-state index in [0.29, 0.717) is 23.9 Å². The molecule has 1 unspecified atom stereocenters. The fraction of sp³-hybridized carbons (Fsp3) is 0.476. The Balaban J connectivity index is 1.56. The SMILES string of the molecule is Cc1oc(C)c(C(=O)NCc2ccc(CN3CCCCC3C)cc2)c1Br. The van der Waals surface area contributed by atoms with Crippen LogP contribution in [0.25, 0.3) is 0 Å². The largest absolute Gasteiger partial charge is 0.465 e. The van der Waals surface area contributed by atoms with Crippen LogP contribution in [0.1, 0.15) is 59.2 Å². The Morgan fingerprint density at radius 1 is 1.19 bits per heavy atom. The maximum absolute atomic E-state index is 12.4. The van der Waals surface area contributed by atoms with Crippen molar-refractivity contribution >= 4 is 21.8 Å². The van der Waals surface area contributed by atoms with Gasteiger partial charge in [0.1, 0.15) is 11.5 Å². The summed E-state index contributed by atoms with van der Waals surface area (Å²) in [6.07, 6.45) is 3.95. The summed E-state index contributed by atoms with van der Waals surface area (Å²) < 4.78 is 6.24. The van der Waals surface area contributed by atoms with Gasteiger partial charge in [0.2, 0.25) is 0 Å². The number of halogens is 1. The van der Waals surface area contributed by atoms with Gasteiger partial charge in [-0.15, -0.1) is 0 Å². The number of likely N-dealkylation sites (tertiary alicyclic amines) is 1. The van der Waals surface area contributed by atoms with Crippen LogP contribution in [0, 0.1) is 13.8 Å². The highest BCUT2D eigenvalue weighted by molar-refractivity contribution is 9.10. The molecule has 2 heterocycles. The van der Waals surface area contributed by atoms with Crippen LogP contribution in [0.2, 0.25) is 0 Å². The van der Waals surface area contributed by atoms with Crippen molar-refractivity contribution < 1.29 is 9.21 Å². The predicted molar refractivity (Wildman–Crippen MR) is 107 cm³/mol. The highest BCUT2D eigenvalue weighted by Crippen LogP contribution is 2.27. The van der Waals surface area contributed by atoms with Crippen LogP contribution < -0.4 is 5.32 Å². The number of piperidine rings is 1. The van der Waals surface area contributed by atoms with Gasteiger partial charge in [-0.1, -0.05) is 30.7 Å². The quantitative estimate of drug-likeness (QED) is 0.745. The standard InChI is InChI=1S/C21H27BrN2O2/c1-14-6-4-5-11-24(14)13-18-9-7-17(8-10-18)12-23-21(25)19-15(2)26-16(3)20(19)22/h7-10,14H,4-6,11-13H2,1-3H3,(H,23,25). The van der Waals surface area contributed by atoms with E-state index < -0.39 is 0 Å². The lowest BCUT2D eigenvalue weighted by molar-refractivity contribution is 0.0948. The molecule has 0 saturated carbocycles. The third kappa shape index (κ3) is 4.38. The first-order chi connectivity index (χ1) is 12.5. The number of furan rings is 1. The number of nitrogens with one attached hydrogen (secondary N) is 1. The molecule has 140 valence electrons. The minimum absolute atomic E-state index is 0.113. The topological polar surface area (TPSA) is 45.5 Å². The van der Waals surface area contributed by atoms with E-state index in [2.05, 4.69) is 57.3 Å². The van der Waals surface area contributed by atoms with Gasteiger partial charge in [-0.25, -0.2) is 0 Å². The molecule has 1 amide bonds. The van der Waals surface area contributed by atoms with Crippen molar-refractivity contribution in [2.24, 2.45) is 0 Å². The van der Waals surface area contributed by atoms with E-state index in [1.807, 2.05) is 13.8 Å². The maximum Gasteiger partial charge on any atom is 0.256 e. The Labute approximate surface area is 164 Å². The molecule has 0 radical (unpaired) electrons. The van der Waals surface area contributed by atoms with Crippen LogP contribution in [0.4, 0.5) is 0 Å². The van der Waals surface area contributed by atoms with Crippen LogP contribution in [0.3, 0.4) is 0 Å². The number of benzene rings is 1. The van der Waals surface area contributed by atoms with Crippen LogP contribution in [0.5, 0.6) is 0 Å². The minimum atomic E-state index is -0.113. The molecule has 1 saturated heterocycles. The number of rotatable bonds is 5. The zero-order valence-corrected chi connectivity index (χ0v) is 17.4. The number of amides is 1. The third-order valence-electron chi connectivity index (χ3n) is 5.22. The van der Waals surface area contributed by atoms with Crippen molar-refractivity contribution in [1.29, 1.82) is 0 Å². The molecule has 4 nitrogen and oxygen atoms in total. The van der Waals surface area contributed by atoms with E-state index in [9.17, 15) is 4.79 Å². The Hall–Kier alpha value is -1.59. The molecule has 1 aliphatic rings. The van der Waals surface area contributed by atoms with E-state index in [0.717, 1.165) is 22.3 Å². The molecular weight excluding hydrogens is 392 g/mol. The number of carbonyl (C=O) groups excluding carboxylic acids is 1. The highest BCUT2D eigenvalue weighted by Gasteiger charge is 2.20. The summed E-state index contributed by atoms with van der Waals surface area (Å²) >= 11 is 3.43. The van der Waals surface area contributed by atoms with Gasteiger partial charge in [-0.05, 0) is 67.2 Å². The predicted octanol–water partition coefficient (Wildman–Crippen LogP) is 4.96. The van der Waals surface area contributed by atoms with Gasteiger partial charge in [0.25, 0.3) is 5.91 Å². The van der Waals surface area contributed by atoms with Crippen LogP contribution >= 0.6 is 15.9 Å². The average molecular weight is 419 g/mol. The number of hydrogen-bond acceptors (Lipinski definition) is 3. The zero-order chi connectivity index (χ0) is 18.7. The van der Waals surface area contributed by atoms with E-state index in [1.165, 1.54) is 31.4 Å². The first-order valence-corrected chi connectivity index (χ1v) is 10.1. The fourth-order valence-electron chi connectivity index (χ4n) is 3.58. The fourth-order valence-corrected chi connectivity index (χ4v) is 4.12. The summed E-state index contributed by atoms with van der Waals surface area (Å²) in [7, 11) is 0. The van der Waals surface area contributed by atoms with Crippen LogP contribution in [0.15, 0.2) is 33.2 Å². The summed E-state index contributed by atoms with van der Waals surface area (Å²) in [5.41, 5.74) is 3.01. The third-order valence-corrected chi connectivity index (χ3v) is 6.17. The Morgan fingerprint density at radius 2 is 1.88 bits per heavy atom. The first kappa shape index (κ1) is 19.2. The van der Waals surface area contributed by atoms with Gasteiger partial charge >= 0.3 is 0 Å². The minimum Gasteiger partial charge on any atom is -0.465 e. The highest BCUT2D eigenvalue weighted by atomic mass is 79.9. The molecule has 26 heavy (non-hydrogen) atoms. The number of hydrogen-bond donors (Lipinski definition) is 1. The molecule has 1 aliphatic heterocycles. The molecular formula is C21H27BrN2O2. The Bertz CT molecular complexity index is 767. The second kappa shape index (κ2) is 8.40. The molecule has 0 aliphatic carbocycles. The summed E-state index contributed by atoms with van der Waals surface area (Å²) in [5, 5.41) is 2.98.